The molecule has 2 saturated heterocycles. The van der Waals surface area contributed by atoms with Crippen molar-refractivity contribution in [2.45, 2.75) is 12.5 Å². The van der Waals surface area contributed by atoms with Gasteiger partial charge in [0.05, 0.1) is 13.2 Å². The molecule has 1 amide bonds. The average Bonchev–Trinajstić information content (AvgIpc) is 1.74. The molecule has 2 aliphatic rings. The maximum absolute atomic E-state index is 11.1. The van der Waals surface area contributed by atoms with E-state index in [1.807, 2.05) is 0 Å². The Bertz CT molecular complexity index is 163. The number of carbonyl (C=O) groups is 1. The highest BCUT2D eigenvalue weighted by atomic mass is 16.6. The number of amides is 1. The van der Waals surface area contributed by atoms with E-state index in [9.17, 15) is 4.79 Å². The van der Waals surface area contributed by atoms with E-state index < -0.39 is 0 Å². The van der Waals surface area contributed by atoms with Crippen LogP contribution in [-0.2, 0) is 9.47 Å². The molecule has 0 bridgehead atoms. The van der Waals surface area contributed by atoms with Crippen molar-refractivity contribution in [2.24, 2.45) is 0 Å². The van der Waals surface area contributed by atoms with E-state index >= 15 is 0 Å². The Hall–Kier alpha value is -0.770. The van der Waals surface area contributed by atoms with Crippen molar-refractivity contribution in [3.63, 3.8) is 0 Å². The second-order valence-corrected chi connectivity index (χ2v) is 2.88. The molecule has 0 spiro atoms. The summed E-state index contributed by atoms with van der Waals surface area (Å²) in [5.41, 5.74) is 0. The third-order valence-electron chi connectivity index (χ3n) is 1.99. The summed E-state index contributed by atoms with van der Waals surface area (Å²) in [5.74, 6) is 0. The zero-order valence-corrected chi connectivity index (χ0v) is 6.28. The zero-order chi connectivity index (χ0) is 7.68. The summed E-state index contributed by atoms with van der Waals surface area (Å²) in [6, 6.07) is 0. The molecule has 0 aromatic rings. The Morgan fingerprint density at radius 2 is 2.18 bits per heavy atom. The Balaban J connectivity index is 1.71. The maximum Gasteiger partial charge on any atom is 0.410 e. The van der Waals surface area contributed by atoms with Crippen LogP contribution < -0.4 is 0 Å². The van der Waals surface area contributed by atoms with Crippen molar-refractivity contribution in [3.8, 4) is 0 Å². The molecule has 0 aliphatic carbocycles. The van der Waals surface area contributed by atoms with Crippen molar-refractivity contribution >= 4 is 6.09 Å². The smallest absolute Gasteiger partial charge is 0.410 e. The molecule has 0 unspecified atom stereocenters. The van der Waals surface area contributed by atoms with E-state index in [2.05, 4.69) is 0 Å². The van der Waals surface area contributed by atoms with Crippen LogP contribution in [0.1, 0.15) is 6.42 Å². The van der Waals surface area contributed by atoms with Gasteiger partial charge in [0.15, 0.2) is 6.10 Å². The second-order valence-electron chi connectivity index (χ2n) is 2.88. The molecule has 11 heavy (non-hydrogen) atoms. The number of hydrogen-bond acceptors (Lipinski definition) is 3. The van der Waals surface area contributed by atoms with Crippen LogP contribution in [0.2, 0.25) is 0 Å². The van der Waals surface area contributed by atoms with Gasteiger partial charge in [0, 0.05) is 13.1 Å². The molecule has 0 N–H and O–H groups in total. The van der Waals surface area contributed by atoms with Crippen LogP contribution in [-0.4, -0.2) is 43.4 Å². The predicted octanol–water partition coefficient (Wildman–Crippen LogP) is 0.228. The highest BCUT2D eigenvalue weighted by molar-refractivity contribution is 5.68. The number of rotatable bonds is 1. The van der Waals surface area contributed by atoms with Crippen LogP contribution >= 0.6 is 0 Å². The molecular weight excluding hydrogens is 146 g/mol. The van der Waals surface area contributed by atoms with Crippen molar-refractivity contribution in [1.82, 2.24) is 4.90 Å². The molecule has 2 fully saturated rings. The topological polar surface area (TPSA) is 38.8 Å². The van der Waals surface area contributed by atoms with E-state index in [-0.39, 0.29) is 12.2 Å². The lowest BCUT2D eigenvalue weighted by Crippen LogP contribution is -2.47. The minimum atomic E-state index is -0.176. The molecule has 2 aliphatic heterocycles. The molecule has 0 aromatic heterocycles. The molecule has 4 nitrogen and oxygen atoms in total. The highest BCUT2D eigenvalue weighted by Crippen LogP contribution is 2.12. The van der Waals surface area contributed by atoms with Gasteiger partial charge in [0.1, 0.15) is 0 Å². The summed E-state index contributed by atoms with van der Waals surface area (Å²) in [6.07, 6.45) is 0.948. The zero-order valence-electron chi connectivity index (χ0n) is 6.28. The van der Waals surface area contributed by atoms with Crippen molar-refractivity contribution in [2.75, 3.05) is 26.3 Å². The SMILES string of the molecule is O=C(OC1COC1)N1CCC1. The summed E-state index contributed by atoms with van der Waals surface area (Å²) in [5, 5.41) is 0. The minimum Gasteiger partial charge on any atom is -0.441 e. The Morgan fingerprint density at radius 1 is 1.45 bits per heavy atom. The van der Waals surface area contributed by atoms with Gasteiger partial charge in [-0.2, -0.15) is 0 Å². The lowest BCUT2D eigenvalue weighted by Gasteiger charge is -2.33. The largest absolute Gasteiger partial charge is 0.441 e. The summed E-state index contributed by atoms with van der Waals surface area (Å²) in [6.45, 7) is 2.85. The van der Waals surface area contributed by atoms with E-state index in [4.69, 9.17) is 9.47 Å². The fourth-order valence-corrected chi connectivity index (χ4v) is 0.998. The van der Waals surface area contributed by atoms with E-state index in [1.165, 1.54) is 0 Å². The summed E-state index contributed by atoms with van der Waals surface area (Å²) in [7, 11) is 0. The minimum absolute atomic E-state index is 0.0168. The van der Waals surface area contributed by atoms with Gasteiger partial charge in [-0.05, 0) is 6.42 Å². The van der Waals surface area contributed by atoms with E-state index in [1.54, 1.807) is 4.90 Å². The highest BCUT2D eigenvalue weighted by Gasteiger charge is 2.28. The van der Waals surface area contributed by atoms with Gasteiger partial charge in [-0.25, -0.2) is 4.79 Å². The Morgan fingerprint density at radius 3 is 2.55 bits per heavy atom. The lowest BCUT2D eigenvalue weighted by atomic mass is 10.2. The molecule has 0 aromatic carbocycles. The quantitative estimate of drug-likeness (QED) is 0.546. The van der Waals surface area contributed by atoms with Crippen LogP contribution in [0.15, 0.2) is 0 Å². The number of nitrogens with zero attached hydrogens (tertiary/aromatic N) is 1. The average molecular weight is 157 g/mol. The first-order valence-corrected chi connectivity index (χ1v) is 3.89. The third-order valence-corrected chi connectivity index (χ3v) is 1.99. The predicted molar refractivity (Wildman–Crippen MR) is 37.3 cm³/mol. The monoisotopic (exact) mass is 157 g/mol. The lowest BCUT2D eigenvalue weighted by molar-refractivity contribution is -0.107. The van der Waals surface area contributed by atoms with Crippen LogP contribution in [0.25, 0.3) is 0 Å². The van der Waals surface area contributed by atoms with E-state index in [0.717, 1.165) is 19.5 Å². The first kappa shape index (κ1) is 6.91. The molecule has 2 heterocycles. The molecule has 4 heteroatoms. The number of ether oxygens (including phenoxy) is 2. The molecule has 0 radical (unpaired) electrons. The summed E-state index contributed by atoms with van der Waals surface area (Å²) in [4.78, 5) is 12.8. The van der Waals surface area contributed by atoms with Crippen LogP contribution in [0, 0.1) is 0 Å². The molecule has 0 atom stereocenters. The normalized spacial score (nSPS) is 23.8. The van der Waals surface area contributed by atoms with Gasteiger partial charge < -0.3 is 14.4 Å². The molecule has 0 saturated carbocycles. The first-order chi connectivity index (χ1) is 5.36. The maximum atomic E-state index is 11.1. The first-order valence-electron chi connectivity index (χ1n) is 3.89. The van der Waals surface area contributed by atoms with Crippen molar-refractivity contribution in [3.05, 3.63) is 0 Å². The van der Waals surface area contributed by atoms with Gasteiger partial charge in [-0.1, -0.05) is 0 Å². The standard InChI is InChI=1S/C7H11NO3/c9-7(8-2-1-3-8)11-6-4-10-5-6/h6H,1-5H2. The summed E-state index contributed by atoms with van der Waals surface area (Å²) >= 11 is 0. The van der Waals surface area contributed by atoms with Gasteiger partial charge in [0.2, 0.25) is 0 Å². The Labute approximate surface area is 65.1 Å². The fraction of sp³-hybridized carbons (Fsp3) is 0.857. The number of likely N-dealkylation sites (tertiary alicyclic amines) is 1. The van der Waals surface area contributed by atoms with Crippen molar-refractivity contribution in [1.29, 1.82) is 0 Å². The van der Waals surface area contributed by atoms with Gasteiger partial charge >= 0.3 is 6.09 Å². The summed E-state index contributed by atoms with van der Waals surface area (Å²) < 4.78 is 9.92. The van der Waals surface area contributed by atoms with Gasteiger partial charge in [-0.15, -0.1) is 0 Å². The number of hydrogen-bond donors (Lipinski definition) is 0. The second kappa shape index (κ2) is 2.70. The third kappa shape index (κ3) is 1.30. The van der Waals surface area contributed by atoms with E-state index in [0.29, 0.717) is 13.2 Å². The fourth-order valence-electron chi connectivity index (χ4n) is 0.998. The van der Waals surface area contributed by atoms with Crippen LogP contribution in [0.3, 0.4) is 0 Å². The Kier molecular flexibility index (Phi) is 1.69. The van der Waals surface area contributed by atoms with Crippen LogP contribution in [0.5, 0.6) is 0 Å². The van der Waals surface area contributed by atoms with Gasteiger partial charge in [0.25, 0.3) is 0 Å². The molecule has 62 valence electrons. The molecular formula is C7H11NO3. The molecule has 2 rings (SSSR count). The van der Waals surface area contributed by atoms with Gasteiger partial charge in [-0.3, -0.25) is 0 Å². The van der Waals surface area contributed by atoms with Crippen molar-refractivity contribution < 1.29 is 14.3 Å². The number of carbonyl (C=O) groups excluding carboxylic acids is 1. The van der Waals surface area contributed by atoms with Crippen LogP contribution in [0.4, 0.5) is 4.79 Å².